The molecular formula is C8H13BrO3. The van der Waals surface area contributed by atoms with Gasteiger partial charge in [0, 0.05) is 4.83 Å². The lowest BCUT2D eigenvalue weighted by Crippen LogP contribution is -2.15. The van der Waals surface area contributed by atoms with Crippen molar-refractivity contribution in [2.45, 2.75) is 30.7 Å². The van der Waals surface area contributed by atoms with Crippen molar-refractivity contribution in [2.75, 3.05) is 6.61 Å². The largest absolute Gasteiger partial charge is 0.466 e. The van der Waals surface area contributed by atoms with Crippen LogP contribution in [0, 0.1) is 5.92 Å². The lowest BCUT2D eigenvalue weighted by atomic mass is 10.1. The molecule has 1 rings (SSSR count). The van der Waals surface area contributed by atoms with Crippen molar-refractivity contribution in [1.82, 2.24) is 0 Å². The van der Waals surface area contributed by atoms with E-state index < -0.39 is 6.10 Å². The molecule has 1 N–H and O–H groups in total. The molecule has 0 aromatic heterocycles. The third-order valence-corrected chi connectivity index (χ3v) is 3.06. The van der Waals surface area contributed by atoms with Crippen LogP contribution >= 0.6 is 15.9 Å². The molecule has 0 saturated heterocycles. The Hall–Kier alpha value is -0.0900. The molecule has 12 heavy (non-hydrogen) atoms. The minimum Gasteiger partial charge on any atom is -0.466 e. The predicted octanol–water partition coefficient (Wildman–Crippen LogP) is 1.08. The summed E-state index contributed by atoms with van der Waals surface area (Å²) < 4.78 is 4.85. The molecule has 1 aliphatic carbocycles. The van der Waals surface area contributed by atoms with Crippen LogP contribution in [0.25, 0.3) is 0 Å². The Kier molecular flexibility index (Phi) is 3.53. The second-order valence-electron chi connectivity index (χ2n) is 3.00. The van der Waals surface area contributed by atoms with Crippen LogP contribution in [0.3, 0.4) is 0 Å². The maximum Gasteiger partial charge on any atom is 0.309 e. The molecule has 3 nitrogen and oxygen atoms in total. The Morgan fingerprint density at radius 3 is 2.75 bits per heavy atom. The van der Waals surface area contributed by atoms with Gasteiger partial charge >= 0.3 is 5.97 Å². The Bertz CT molecular complexity index is 162. The smallest absolute Gasteiger partial charge is 0.309 e. The molecule has 3 atom stereocenters. The Labute approximate surface area is 80.2 Å². The SMILES string of the molecule is CCOC(=O)C1CC(O)C(Br)C1. The molecule has 1 saturated carbocycles. The number of aliphatic hydroxyl groups is 1. The number of hydrogen-bond acceptors (Lipinski definition) is 3. The van der Waals surface area contributed by atoms with Gasteiger partial charge in [-0.1, -0.05) is 15.9 Å². The molecule has 1 fully saturated rings. The van der Waals surface area contributed by atoms with Gasteiger partial charge < -0.3 is 9.84 Å². The summed E-state index contributed by atoms with van der Waals surface area (Å²) in [6.07, 6.45) is 0.800. The zero-order valence-electron chi connectivity index (χ0n) is 7.00. The van der Waals surface area contributed by atoms with E-state index in [0.29, 0.717) is 19.4 Å². The van der Waals surface area contributed by atoms with Crippen molar-refractivity contribution in [3.05, 3.63) is 0 Å². The average molecular weight is 237 g/mol. The van der Waals surface area contributed by atoms with Gasteiger partial charge in [0.25, 0.3) is 0 Å². The first-order valence-electron chi connectivity index (χ1n) is 4.14. The van der Waals surface area contributed by atoms with E-state index in [0.717, 1.165) is 0 Å². The van der Waals surface area contributed by atoms with E-state index >= 15 is 0 Å². The van der Waals surface area contributed by atoms with E-state index in [1.807, 2.05) is 0 Å². The summed E-state index contributed by atoms with van der Waals surface area (Å²) in [5.74, 6) is -0.303. The molecular weight excluding hydrogens is 224 g/mol. The molecule has 0 aromatic rings. The summed E-state index contributed by atoms with van der Waals surface area (Å²) in [6, 6.07) is 0. The number of aliphatic hydroxyl groups excluding tert-OH is 1. The second-order valence-corrected chi connectivity index (χ2v) is 4.18. The summed E-state index contributed by atoms with van der Waals surface area (Å²) >= 11 is 3.31. The molecule has 70 valence electrons. The van der Waals surface area contributed by atoms with E-state index in [-0.39, 0.29) is 16.7 Å². The topological polar surface area (TPSA) is 46.5 Å². The molecule has 0 heterocycles. The van der Waals surface area contributed by atoms with Gasteiger partial charge in [-0.05, 0) is 19.8 Å². The molecule has 1 aliphatic rings. The van der Waals surface area contributed by atoms with Crippen molar-refractivity contribution < 1.29 is 14.6 Å². The van der Waals surface area contributed by atoms with E-state index in [9.17, 15) is 9.90 Å². The number of esters is 1. The van der Waals surface area contributed by atoms with Crippen LogP contribution in [0.15, 0.2) is 0 Å². The van der Waals surface area contributed by atoms with E-state index in [1.54, 1.807) is 6.92 Å². The summed E-state index contributed by atoms with van der Waals surface area (Å²) in [6.45, 7) is 2.20. The van der Waals surface area contributed by atoms with Crippen molar-refractivity contribution in [3.8, 4) is 0 Å². The number of carbonyl (C=O) groups excluding carboxylic acids is 1. The number of rotatable bonds is 2. The third kappa shape index (κ3) is 2.20. The van der Waals surface area contributed by atoms with Crippen molar-refractivity contribution in [3.63, 3.8) is 0 Å². The normalized spacial score (nSPS) is 35.1. The molecule has 3 unspecified atom stereocenters. The Morgan fingerprint density at radius 1 is 1.67 bits per heavy atom. The lowest BCUT2D eigenvalue weighted by molar-refractivity contribution is -0.148. The predicted molar refractivity (Wildman–Crippen MR) is 48.1 cm³/mol. The Balaban J connectivity index is 2.40. The number of hydrogen-bond donors (Lipinski definition) is 1. The monoisotopic (exact) mass is 236 g/mol. The minimum absolute atomic E-state index is 0.0481. The highest BCUT2D eigenvalue weighted by atomic mass is 79.9. The third-order valence-electron chi connectivity index (χ3n) is 2.07. The number of halogens is 1. The first kappa shape index (κ1) is 9.99. The van der Waals surface area contributed by atoms with E-state index in [1.165, 1.54) is 0 Å². The first-order chi connectivity index (χ1) is 5.65. The molecule has 0 amide bonds. The molecule has 0 radical (unpaired) electrons. The zero-order chi connectivity index (χ0) is 9.14. The fraction of sp³-hybridized carbons (Fsp3) is 0.875. The van der Waals surface area contributed by atoms with Gasteiger partial charge in [-0.3, -0.25) is 4.79 Å². The first-order valence-corrected chi connectivity index (χ1v) is 5.05. The standard InChI is InChI=1S/C8H13BrO3/c1-2-12-8(11)5-3-6(9)7(10)4-5/h5-7,10H,2-4H2,1H3. The summed E-state index contributed by atoms with van der Waals surface area (Å²) in [5.41, 5.74) is 0. The van der Waals surface area contributed by atoms with Crippen LogP contribution in [-0.2, 0) is 9.53 Å². The van der Waals surface area contributed by atoms with Gasteiger partial charge in [-0.15, -0.1) is 0 Å². The lowest BCUT2D eigenvalue weighted by Gasteiger charge is -2.06. The summed E-state index contributed by atoms with van der Waals surface area (Å²) in [7, 11) is 0. The molecule has 0 aliphatic heterocycles. The molecule has 0 bridgehead atoms. The van der Waals surface area contributed by atoms with Gasteiger partial charge in [0.05, 0.1) is 18.6 Å². The van der Waals surface area contributed by atoms with Gasteiger partial charge in [0.2, 0.25) is 0 Å². The Morgan fingerprint density at radius 2 is 2.33 bits per heavy atom. The molecule has 0 aromatic carbocycles. The molecule has 4 heteroatoms. The summed E-state index contributed by atoms with van der Waals surface area (Å²) in [5, 5.41) is 9.33. The van der Waals surface area contributed by atoms with Gasteiger partial charge in [0.1, 0.15) is 0 Å². The number of alkyl halides is 1. The fourth-order valence-electron chi connectivity index (χ4n) is 1.42. The van der Waals surface area contributed by atoms with E-state index in [2.05, 4.69) is 15.9 Å². The minimum atomic E-state index is -0.403. The van der Waals surface area contributed by atoms with Crippen LogP contribution in [0.1, 0.15) is 19.8 Å². The fourth-order valence-corrected chi connectivity index (χ4v) is 2.08. The van der Waals surface area contributed by atoms with Crippen LogP contribution < -0.4 is 0 Å². The van der Waals surface area contributed by atoms with Crippen molar-refractivity contribution >= 4 is 21.9 Å². The number of carbonyl (C=O) groups is 1. The van der Waals surface area contributed by atoms with Gasteiger partial charge in [0.15, 0.2) is 0 Å². The second kappa shape index (κ2) is 4.23. The number of ether oxygens (including phenoxy) is 1. The average Bonchev–Trinajstić information content (AvgIpc) is 2.33. The van der Waals surface area contributed by atoms with E-state index in [4.69, 9.17) is 4.74 Å². The van der Waals surface area contributed by atoms with Crippen LogP contribution in [0.2, 0.25) is 0 Å². The van der Waals surface area contributed by atoms with Crippen LogP contribution in [-0.4, -0.2) is 28.6 Å². The highest BCUT2D eigenvalue weighted by molar-refractivity contribution is 9.09. The van der Waals surface area contributed by atoms with Gasteiger partial charge in [-0.2, -0.15) is 0 Å². The maximum absolute atomic E-state index is 11.2. The van der Waals surface area contributed by atoms with Crippen molar-refractivity contribution in [1.29, 1.82) is 0 Å². The van der Waals surface area contributed by atoms with Gasteiger partial charge in [-0.25, -0.2) is 0 Å². The maximum atomic E-state index is 11.2. The highest BCUT2D eigenvalue weighted by Crippen LogP contribution is 2.31. The quantitative estimate of drug-likeness (QED) is 0.577. The molecule has 0 spiro atoms. The summed E-state index contributed by atoms with van der Waals surface area (Å²) in [4.78, 5) is 11.2. The van der Waals surface area contributed by atoms with Crippen molar-refractivity contribution in [2.24, 2.45) is 5.92 Å². The highest BCUT2D eigenvalue weighted by Gasteiger charge is 2.36. The van der Waals surface area contributed by atoms with Crippen LogP contribution in [0.5, 0.6) is 0 Å². The zero-order valence-corrected chi connectivity index (χ0v) is 8.58. The van der Waals surface area contributed by atoms with Crippen LogP contribution in [0.4, 0.5) is 0 Å².